The highest BCUT2D eigenvalue weighted by atomic mass is 35.5. The molecular formula is C19H15Cl2NO2. The molecule has 0 unspecified atom stereocenters. The molecule has 0 fully saturated rings. The summed E-state index contributed by atoms with van der Waals surface area (Å²) in [6.45, 7) is 3.93. The van der Waals surface area contributed by atoms with Gasteiger partial charge < -0.3 is 4.74 Å². The molecule has 0 aliphatic rings. The standard InChI is InChI=1S/C19H15Cl2NO2/c1-11(2)24-13-6-3-5-12(9-13)17-10-15(19(21)23)14-7-4-8-16(20)18(14)22-17/h3-11H,1-2H3. The quantitative estimate of drug-likeness (QED) is 0.559. The number of rotatable bonds is 4. The summed E-state index contributed by atoms with van der Waals surface area (Å²) in [6, 6.07) is 14.5. The lowest BCUT2D eigenvalue weighted by Gasteiger charge is -2.12. The Bertz CT molecular complexity index is 922. The normalized spacial score (nSPS) is 11.0. The highest BCUT2D eigenvalue weighted by Gasteiger charge is 2.14. The van der Waals surface area contributed by atoms with Crippen molar-refractivity contribution in [1.82, 2.24) is 4.98 Å². The monoisotopic (exact) mass is 359 g/mol. The summed E-state index contributed by atoms with van der Waals surface area (Å²) in [5, 5.41) is 0.574. The third-order valence-electron chi connectivity index (χ3n) is 3.50. The fourth-order valence-corrected chi connectivity index (χ4v) is 2.90. The summed E-state index contributed by atoms with van der Waals surface area (Å²) in [7, 11) is 0. The maximum atomic E-state index is 11.8. The number of benzene rings is 2. The summed E-state index contributed by atoms with van der Waals surface area (Å²) in [5.41, 5.74) is 2.38. The van der Waals surface area contributed by atoms with Gasteiger partial charge in [0.1, 0.15) is 5.75 Å². The SMILES string of the molecule is CC(C)Oc1cccc(-c2cc(C(=O)Cl)c3cccc(Cl)c3n2)c1. The molecule has 24 heavy (non-hydrogen) atoms. The van der Waals surface area contributed by atoms with Crippen molar-refractivity contribution in [2.24, 2.45) is 0 Å². The fraction of sp³-hybridized carbons (Fsp3) is 0.158. The van der Waals surface area contributed by atoms with E-state index in [0.717, 1.165) is 11.3 Å². The second-order valence-electron chi connectivity index (χ2n) is 5.66. The molecule has 3 nitrogen and oxygen atoms in total. The van der Waals surface area contributed by atoms with E-state index in [4.69, 9.17) is 27.9 Å². The summed E-state index contributed by atoms with van der Waals surface area (Å²) < 4.78 is 5.72. The number of ether oxygens (including phenoxy) is 1. The van der Waals surface area contributed by atoms with Crippen LogP contribution >= 0.6 is 23.2 Å². The lowest BCUT2D eigenvalue weighted by Crippen LogP contribution is -2.05. The Morgan fingerprint density at radius 2 is 1.88 bits per heavy atom. The molecule has 0 bridgehead atoms. The van der Waals surface area contributed by atoms with Gasteiger partial charge >= 0.3 is 0 Å². The van der Waals surface area contributed by atoms with Gasteiger partial charge in [-0.1, -0.05) is 35.9 Å². The number of carbonyl (C=O) groups is 1. The van der Waals surface area contributed by atoms with Crippen LogP contribution in [0.15, 0.2) is 48.5 Å². The third-order valence-corrected chi connectivity index (χ3v) is 4.01. The van der Waals surface area contributed by atoms with Crippen LogP contribution < -0.4 is 4.74 Å². The predicted octanol–water partition coefficient (Wildman–Crippen LogP) is 5.72. The Balaban J connectivity index is 2.20. The zero-order valence-corrected chi connectivity index (χ0v) is 14.7. The topological polar surface area (TPSA) is 39.2 Å². The van der Waals surface area contributed by atoms with E-state index in [-0.39, 0.29) is 6.10 Å². The van der Waals surface area contributed by atoms with E-state index in [9.17, 15) is 4.79 Å². The van der Waals surface area contributed by atoms with Gasteiger partial charge in [0, 0.05) is 16.5 Å². The maximum absolute atomic E-state index is 11.8. The lowest BCUT2D eigenvalue weighted by atomic mass is 10.0. The minimum absolute atomic E-state index is 0.0687. The lowest BCUT2D eigenvalue weighted by molar-refractivity contribution is 0.108. The van der Waals surface area contributed by atoms with Gasteiger partial charge in [-0.2, -0.15) is 0 Å². The van der Waals surface area contributed by atoms with Crippen molar-refractivity contribution in [2.45, 2.75) is 20.0 Å². The van der Waals surface area contributed by atoms with Gasteiger partial charge in [-0.05, 0) is 49.7 Å². The van der Waals surface area contributed by atoms with Crippen LogP contribution in [0.1, 0.15) is 24.2 Å². The first-order valence-electron chi connectivity index (χ1n) is 7.52. The van der Waals surface area contributed by atoms with Gasteiger partial charge in [0.2, 0.25) is 0 Å². The first-order chi connectivity index (χ1) is 11.5. The van der Waals surface area contributed by atoms with Gasteiger partial charge in [0.15, 0.2) is 0 Å². The highest BCUT2D eigenvalue weighted by Crippen LogP contribution is 2.31. The van der Waals surface area contributed by atoms with Gasteiger partial charge in [-0.3, -0.25) is 4.79 Å². The molecule has 0 saturated heterocycles. The molecule has 1 heterocycles. The first-order valence-corrected chi connectivity index (χ1v) is 8.27. The van der Waals surface area contributed by atoms with Crippen LogP contribution in [0.3, 0.4) is 0 Å². The van der Waals surface area contributed by atoms with E-state index >= 15 is 0 Å². The molecule has 3 rings (SSSR count). The van der Waals surface area contributed by atoms with Crippen LogP contribution in [0.2, 0.25) is 5.02 Å². The molecule has 5 heteroatoms. The number of para-hydroxylation sites is 1. The van der Waals surface area contributed by atoms with Crippen molar-refractivity contribution in [3.8, 4) is 17.0 Å². The van der Waals surface area contributed by atoms with Crippen LogP contribution in [0.4, 0.5) is 0 Å². The number of hydrogen-bond acceptors (Lipinski definition) is 3. The Kier molecular flexibility index (Phi) is 4.74. The molecule has 0 saturated carbocycles. The van der Waals surface area contributed by atoms with Gasteiger partial charge in [0.25, 0.3) is 5.24 Å². The second kappa shape index (κ2) is 6.80. The van der Waals surface area contributed by atoms with Crippen LogP contribution in [0.5, 0.6) is 5.75 Å². The Labute approximate surface area is 150 Å². The smallest absolute Gasteiger partial charge is 0.253 e. The van der Waals surface area contributed by atoms with Gasteiger partial charge in [-0.15, -0.1) is 0 Å². The van der Waals surface area contributed by atoms with Crippen molar-refractivity contribution >= 4 is 39.3 Å². The summed E-state index contributed by atoms with van der Waals surface area (Å²) in [6.07, 6.45) is 0.0687. The molecule has 3 aromatic rings. The van der Waals surface area contributed by atoms with Crippen molar-refractivity contribution in [3.63, 3.8) is 0 Å². The first kappa shape index (κ1) is 16.7. The fourth-order valence-electron chi connectivity index (χ4n) is 2.52. The van der Waals surface area contributed by atoms with E-state index in [2.05, 4.69) is 4.98 Å². The molecule has 0 radical (unpaired) electrons. The number of aromatic nitrogens is 1. The molecule has 1 aromatic heterocycles. The Morgan fingerprint density at radius 1 is 1.12 bits per heavy atom. The van der Waals surface area contributed by atoms with E-state index in [1.165, 1.54) is 0 Å². The van der Waals surface area contributed by atoms with Gasteiger partial charge in [-0.25, -0.2) is 4.98 Å². The maximum Gasteiger partial charge on any atom is 0.253 e. The van der Waals surface area contributed by atoms with Crippen molar-refractivity contribution in [3.05, 3.63) is 59.1 Å². The zero-order valence-electron chi connectivity index (χ0n) is 13.2. The number of carbonyl (C=O) groups excluding carboxylic acids is 1. The number of halogens is 2. The van der Waals surface area contributed by atoms with E-state index < -0.39 is 5.24 Å². The van der Waals surface area contributed by atoms with Crippen molar-refractivity contribution in [2.75, 3.05) is 0 Å². The largest absolute Gasteiger partial charge is 0.491 e. The molecule has 0 aliphatic heterocycles. The molecule has 122 valence electrons. The molecule has 2 aromatic carbocycles. The minimum Gasteiger partial charge on any atom is -0.491 e. The molecule has 0 N–H and O–H groups in total. The molecular weight excluding hydrogens is 345 g/mol. The number of fused-ring (bicyclic) bond motifs is 1. The average molecular weight is 360 g/mol. The molecule has 0 amide bonds. The van der Waals surface area contributed by atoms with Crippen LogP contribution in [-0.4, -0.2) is 16.3 Å². The van der Waals surface area contributed by atoms with Crippen molar-refractivity contribution in [1.29, 1.82) is 0 Å². The van der Waals surface area contributed by atoms with Crippen molar-refractivity contribution < 1.29 is 9.53 Å². The van der Waals surface area contributed by atoms with Gasteiger partial charge in [0.05, 0.1) is 22.3 Å². The summed E-state index contributed by atoms with van der Waals surface area (Å²) in [4.78, 5) is 16.4. The molecule has 0 spiro atoms. The third kappa shape index (κ3) is 3.37. The Hall–Kier alpha value is -2.10. The van der Waals surface area contributed by atoms with E-state index in [1.807, 2.05) is 38.1 Å². The predicted molar refractivity (Wildman–Crippen MR) is 98.1 cm³/mol. The molecule has 0 atom stereocenters. The van der Waals surface area contributed by atoms with Crippen LogP contribution in [0, 0.1) is 0 Å². The molecule has 0 aliphatic carbocycles. The second-order valence-corrected chi connectivity index (χ2v) is 6.41. The van der Waals surface area contributed by atoms with E-state index in [1.54, 1.807) is 24.3 Å². The average Bonchev–Trinajstić information content (AvgIpc) is 2.54. The highest BCUT2D eigenvalue weighted by molar-refractivity contribution is 6.68. The summed E-state index contributed by atoms with van der Waals surface area (Å²) in [5.74, 6) is 0.738. The minimum atomic E-state index is -0.541. The van der Waals surface area contributed by atoms with E-state index in [0.29, 0.717) is 27.2 Å². The Morgan fingerprint density at radius 3 is 2.58 bits per heavy atom. The number of hydrogen-bond donors (Lipinski definition) is 0. The number of pyridine rings is 1. The zero-order chi connectivity index (χ0) is 17.3. The van der Waals surface area contributed by atoms with Crippen LogP contribution in [-0.2, 0) is 0 Å². The number of nitrogens with zero attached hydrogens (tertiary/aromatic N) is 1. The summed E-state index contributed by atoms with van der Waals surface area (Å²) >= 11 is 12.0. The van der Waals surface area contributed by atoms with Crippen LogP contribution in [0.25, 0.3) is 22.2 Å².